The Morgan fingerprint density at radius 3 is 2.75 bits per heavy atom. The first-order chi connectivity index (χ1) is 7.58. The van der Waals surface area contributed by atoms with Crippen LogP contribution in [0, 0.1) is 11.7 Å². The highest BCUT2D eigenvalue weighted by Gasteiger charge is 2.10. The molecule has 0 bridgehead atoms. The summed E-state index contributed by atoms with van der Waals surface area (Å²) in [5, 5.41) is 0. The van der Waals surface area contributed by atoms with Gasteiger partial charge in [-0.25, -0.2) is 4.39 Å². The van der Waals surface area contributed by atoms with Crippen LogP contribution in [0.25, 0.3) is 0 Å². The van der Waals surface area contributed by atoms with Crippen LogP contribution in [0.3, 0.4) is 0 Å². The van der Waals surface area contributed by atoms with Crippen molar-refractivity contribution in [1.82, 2.24) is 0 Å². The van der Waals surface area contributed by atoms with Crippen LogP contribution in [0.2, 0.25) is 0 Å². The van der Waals surface area contributed by atoms with Gasteiger partial charge in [0.2, 0.25) is 0 Å². The summed E-state index contributed by atoms with van der Waals surface area (Å²) in [6.07, 6.45) is 1.10. The van der Waals surface area contributed by atoms with Crippen molar-refractivity contribution in [3.05, 3.63) is 17.9 Å². The lowest BCUT2D eigenvalue weighted by Gasteiger charge is -2.11. The lowest BCUT2D eigenvalue weighted by Crippen LogP contribution is -1.98. The van der Waals surface area contributed by atoms with Gasteiger partial charge >= 0.3 is 0 Å². The first kappa shape index (κ1) is 13.2. The number of halogens is 1. The fourth-order valence-electron chi connectivity index (χ4n) is 1.19. The van der Waals surface area contributed by atoms with Crippen molar-refractivity contribution in [3.63, 3.8) is 0 Å². The maximum Gasteiger partial charge on any atom is 0.143 e. The van der Waals surface area contributed by atoms with Gasteiger partial charge < -0.3 is 10.5 Å². The minimum Gasteiger partial charge on any atom is -0.495 e. The van der Waals surface area contributed by atoms with Gasteiger partial charge in [0.15, 0.2) is 0 Å². The topological polar surface area (TPSA) is 35.2 Å². The summed E-state index contributed by atoms with van der Waals surface area (Å²) in [6, 6.07) is 2.98. The number of rotatable bonds is 5. The SMILES string of the molecule is CCC(C)CSc1cc(OC)c(N)cc1F. The molecule has 0 saturated carbocycles. The van der Waals surface area contributed by atoms with Crippen LogP contribution < -0.4 is 10.5 Å². The Kier molecular flexibility index (Phi) is 4.93. The van der Waals surface area contributed by atoms with Gasteiger partial charge in [0, 0.05) is 16.7 Å². The summed E-state index contributed by atoms with van der Waals surface area (Å²) in [6.45, 7) is 4.28. The molecule has 1 aromatic rings. The number of nitrogen functional groups attached to an aromatic ring is 1. The Morgan fingerprint density at radius 1 is 1.50 bits per heavy atom. The van der Waals surface area contributed by atoms with Crippen molar-refractivity contribution < 1.29 is 9.13 Å². The van der Waals surface area contributed by atoms with E-state index in [0.29, 0.717) is 22.3 Å². The van der Waals surface area contributed by atoms with Crippen molar-refractivity contribution in [2.75, 3.05) is 18.6 Å². The van der Waals surface area contributed by atoms with Gasteiger partial charge in [-0.2, -0.15) is 0 Å². The molecule has 1 atom stereocenters. The van der Waals surface area contributed by atoms with Crippen molar-refractivity contribution >= 4 is 17.4 Å². The zero-order chi connectivity index (χ0) is 12.1. The van der Waals surface area contributed by atoms with Gasteiger partial charge in [-0.3, -0.25) is 0 Å². The molecule has 0 aliphatic heterocycles. The first-order valence-corrected chi connectivity index (χ1v) is 6.32. The van der Waals surface area contributed by atoms with Crippen LogP contribution in [-0.4, -0.2) is 12.9 Å². The smallest absolute Gasteiger partial charge is 0.143 e. The molecule has 16 heavy (non-hydrogen) atoms. The third-order valence-electron chi connectivity index (χ3n) is 2.50. The van der Waals surface area contributed by atoms with E-state index in [1.54, 1.807) is 6.07 Å². The van der Waals surface area contributed by atoms with E-state index in [4.69, 9.17) is 10.5 Å². The number of hydrogen-bond acceptors (Lipinski definition) is 3. The van der Waals surface area contributed by atoms with Crippen molar-refractivity contribution in [3.8, 4) is 5.75 Å². The highest BCUT2D eigenvalue weighted by Crippen LogP contribution is 2.32. The molecule has 0 aliphatic carbocycles. The van der Waals surface area contributed by atoms with Gasteiger partial charge in [0.1, 0.15) is 11.6 Å². The third-order valence-corrected chi connectivity index (χ3v) is 3.86. The molecule has 0 heterocycles. The average Bonchev–Trinajstić information content (AvgIpc) is 2.27. The van der Waals surface area contributed by atoms with Gasteiger partial charge in [0.05, 0.1) is 12.8 Å². The Labute approximate surface area is 100 Å². The minimum atomic E-state index is -0.272. The van der Waals surface area contributed by atoms with Crippen LogP contribution in [0.5, 0.6) is 5.75 Å². The number of ether oxygens (including phenoxy) is 1. The molecule has 1 rings (SSSR count). The summed E-state index contributed by atoms with van der Waals surface area (Å²) < 4.78 is 18.6. The van der Waals surface area contributed by atoms with Crippen LogP contribution >= 0.6 is 11.8 Å². The van der Waals surface area contributed by atoms with Crippen LogP contribution in [0.1, 0.15) is 20.3 Å². The Hall–Kier alpha value is -0.900. The molecule has 0 radical (unpaired) electrons. The zero-order valence-electron chi connectivity index (χ0n) is 9.92. The molecular formula is C12H18FNOS. The lowest BCUT2D eigenvalue weighted by atomic mass is 10.2. The van der Waals surface area contributed by atoms with E-state index < -0.39 is 0 Å². The third kappa shape index (κ3) is 3.30. The Balaban J connectivity index is 2.79. The molecule has 2 nitrogen and oxygen atoms in total. The number of anilines is 1. The predicted octanol–water partition coefficient (Wildman–Crippen LogP) is 3.55. The lowest BCUT2D eigenvalue weighted by molar-refractivity contribution is 0.414. The quantitative estimate of drug-likeness (QED) is 0.634. The molecule has 0 fully saturated rings. The number of benzene rings is 1. The van der Waals surface area contributed by atoms with E-state index in [2.05, 4.69) is 13.8 Å². The largest absolute Gasteiger partial charge is 0.495 e. The molecule has 0 spiro atoms. The minimum absolute atomic E-state index is 0.272. The van der Waals surface area contributed by atoms with Crippen molar-refractivity contribution in [2.24, 2.45) is 5.92 Å². The van der Waals surface area contributed by atoms with E-state index >= 15 is 0 Å². The van der Waals surface area contributed by atoms with Gasteiger partial charge in [0.25, 0.3) is 0 Å². The van der Waals surface area contributed by atoms with E-state index in [1.807, 2.05) is 0 Å². The number of nitrogens with two attached hydrogens (primary N) is 1. The van der Waals surface area contributed by atoms with Gasteiger partial charge in [-0.1, -0.05) is 20.3 Å². The van der Waals surface area contributed by atoms with Crippen molar-refractivity contribution in [1.29, 1.82) is 0 Å². The highest BCUT2D eigenvalue weighted by atomic mass is 32.2. The molecule has 90 valence electrons. The second-order valence-electron chi connectivity index (χ2n) is 3.85. The second kappa shape index (κ2) is 5.99. The number of thioether (sulfide) groups is 1. The molecular weight excluding hydrogens is 225 g/mol. The summed E-state index contributed by atoms with van der Waals surface area (Å²) in [7, 11) is 1.53. The molecule has 1 unspecified atom stereocenters. The second-order valence-corrected chi connectivity index (χ2v) is 4.91. The van der Waals surface area contributed by atoms with Gasteiger partial charge in [-0.05, 0) is 12.0 Å². The predicted molar refractivity (Wildman–Crippen MR) is 67.5 cm³/mol. The average molecular weight is 243 g/mol. The van der Waals surface area contributed by atoms with E-state index in [-0.39, 0.29) is 5.82 Å². The van der Waals surface area contributed by atoms with E-state index in [1.165, 1.54) is 24.9 Å². The summed E-state index contributed by atoms with van der Waals surface area (Å²) >= 11 is 1.51. The van der Waals surface area contributed by atoms with Crippen LogP contribution in [-0.2, 0) is 0 Å². The molecule has 0 aliphatic rings. The summed E-state index contributed by atoms with van der Waals surface area (Å²) in [5.74, 6) is 1.74. The maximum absolute atomic E-state index is 13.6. The maximum atomic E-state index is 13.6. The number of methoxy groups -OCH3 is 1. The normalized spacial score (nSPS) is 12.5. The number of hydrogen-bond donors (Lipinski definition) is 1. The standard InChI is InChI=1S/C12H18FNOS/c1-4-8(2)7-16-12-6-11(15-3)10(14)5-9(12)13/h5-6,8H,4,7,14H2,1-3H3. The van der Waals surface area contributed by atoms with Crippen LogP contribution in [0.4, 0.5) is 10.1 Å². The molecule has 0 amide bonds. The summed E-state index contributed by atoms with van der Waals surface area (Å²) in [4.78, 5) is 0.603. The fourth-order valence-corrected chi connectivity index (χ4v) is 2.27. The zero-order valence-corrected chi connectivity index (χ0v) is 10.7. The highest BCUT2D eigenvalue weighted by molar-refractivity contribution is 7.99. The van der Waals surface area contributed by atoms with E-state index in [9.17, 15) is 4.39 Å². The molecule has 0 aromatic heterocycles. The van der Waals surface area contributed by atoms with Gasteiger partial charge in [-0.15, -0.1) is 11.8 Å². The molecule has 0 saturated heterocycles. The summed E-state index contributed by atoms with van der Waals surface area (Å²) in [5.41, 5.74) is 5.95. The molecule has 1 aromatic carbocycles. The van der Waals surface area contributed by atoms with Crippen LogP contribution in [0.15, 0.2) is 17.0 Å². The molecule has 4 heteroatoms. The Bertz CT molecular complexity index is 357. The fraction of sp³-hybridized carbons (Fsp3) is 0.500. The first-order valence-electron chi connectivity index (χ1n) is 5.34. The monoisotopic (exact) mass is 243 g/mol. The van der Waals surface area contributed by atoms with Crippen molar-refractivity contribution in [2.45, 2.75) is 25.2 Å². The Morgan fingerprint density at radius 2 is 2.19 bits per heavy atom. The van der Waals surface area contributed by atoms with E-state index in [0.717, 1.165) is 12.2 Å². The molecule has 2 N–H and O–H groups in total.